The lowest BCUT2D eigenvalue weighted by atomic mass is 10.1. The van der Waals surface area contributed by atoms with Crippen molar-refractivity contribution < 1.29 is 4.42 Å². The molecule has 0 radical (unpaired) electrons. The van der Waals surface area contributed by atoms with E-state index in [1.807, 2.05) is 13.0 Å². The third-order valence-electron chi connectivity index (χ3n) is 3.22. The number of rotatable bonds is 6. The molecule has 2 N–H and O–H groups in total. The minimum Gasteiger partial charge on any atom is -0.406 e. The number of nitrogens with one attached hydrogen (secondary N) is 2. The van der Waals surface area contributed by atoms with Gasteiger partial charge in [0.05, 0.1) is 6.04 Å². The van der Waals surface area contributed by atoms with E-state index in [1.54, 1.807) is 0 Å². The lowest BCUT2D eigenvalue weighted by Gasteiger charge is -2.09. The van der Waals surface area contributed by atoms with E-state index in [0.717, 1.165) is 29.8 Å². The first kappa shape index (κ1) is 14.5. The molecule has 20 heavy (non-hydrogen) atoms. The zero-order chi connectivity index (χ0) is 14.5. The fourth-order valence-corrected chi connectivity index (χ4v) is 2.03. The maximum Gasteiger partial charge on any atom is 0.320 e. The average Bonchev–Trinajstić information content (AvgIpc) is 2.89. The van der Waals surface area contributed by atoms with Gasteiger partial charge in [-0.2, -0.15) is 0 Å². The monoisotopic (exact) mass is 274 g/mol. The zero-order valence-electron chi connectivity index (χ0n) is 12.5. The van der Waals surface area contributed by atoms with E-state index in [2.05, 4.69) is 53.7 Å². The van der Waals surface area contributed by atoms with Gasteiger partial charge in [-0.15, -0.1) is 5.10 Å². The van der Waals surface area contributed by atoms with Crippen LogP contribution in [0.4, 0.5) is 11.7 Å². The van der Waals surface area contributed by atoms with Crippen LogP contribution in [-0.4, -0.2) is 16.7 Å². The van der Waals surface area contributed by atoms with Gasteiger partial charge in [-0.05, 0) is 44.9 Å². The molecule has 0 aliphatic carbocycles. The summed E-state index contributed by atoms with van der Waals surface area (Å²) in [5.41, 5.74) is 3.33. The van der Waals surface area contributed by atoms with Crippen molar-refractivity contribution in [2.24, 2.45) is 0 Å². The summed E-state index contributed by atoms with van der Waals surface area (Å²) in [5.74, 6) is 0.604. The van der Waals surface area contributed by atoms with E-state index in [-0.39, 0.29) is 6.04 Å². The third kappa shape index (κ3) is 3.36. The van der Waals surface area contributed by atoms with Crippen LogP contribution >= 0.6 is 0 Å². The van der Waals surface area contributed by atoms with Gasteiger partial charge in [0.2, 0.25) is 5.89 Å². The molecule has 0 fully saturated rings. The highest BCUT2D eigenvalue weighted by molar-refractivity contribution is 5.61. The van der Waals surface area contributed by atoms with Crippen molar-refractivity contribution in [1.29, 1.82) is 0 Å². The van der Waals surface area contributed by atoms with Crippen LogP contribution in [0.5, 0.6) is 0 Å². The molecule has 0 saturated carbocycles. The Bertz CT molecular complexity index is 545. The van der Waals surface area contributed by atoms with Crippen LogP contribution in [0.25, 0.3) is 0 Å². The number of aryl methyl sites for hydroxylation is 2. The minimum absolute atomic E-state index is 0.0657. The third-order valence-corrected chi connectivity index (χ3v) is 3.22. The Morgan fingerprint density at radius 1 is 1.20 bits per heavy atom. The molecular formula is C15H22N4O. The van der Waals surface area contributed by atoms with Gasteiger partial charge in [0.25, 0.3) is 0 Å². The summed E-state index contributed by atoms with van der Waals surface area (Å²) in [4.78, 5) is 0. The van der Waals surface area contributed by atoms with Crippen LogP contribution in [0.1, 0.15) is 43.3 Å². The second-order valence-corrected chi connectivity index (χ2v) is 5.01. The Kier molecular flexibility index (Phi) is 4.74. The van der Waals surface area contributed by atoms with E-state index in [4.69, 9.17) is 4.42 Å². The van der Waals surface area contributed by atoms with E-state index in [0.29, 0.717) is 11.9 Å². The quantitative estimate of drug-likeness (QED) is 0.844. The lowest BCUT2D eigenvalue weighted by Crippen LogP contribution is -2.19. The number of nitrogens with zero attached hydrogens (tertiary/aromatic N) is 2. The predicted octanol–water partition coefficient (Wildman–Crippen LogP) is 3.49. The first-order valence-electron chi connectivity index (χ1n) is 7.01. The highest BCUT2D eigenvalue weighted by atomic mass is 16.4. The second-order valence-electron chi connectivity index (χ2n) is 5.01. The fourth-order valence-electron chi connectivity index (χ4n) is 2.03. The highest BCUT2D eigenvalue weighted by Crippen LogP contribution is 2.24. The number of hydrogen-bond donors (Lipinski definition) is 2. The van der Waals surface area contributed by atoms with Gasteiger partial charge < -0.3 is 15.1 Å². The molecule has 108 valence electrons. The fraction of sp³-hybridized carbons (Fsp3) is 0.467. The van der Waals surface area contributed by atoms with Crippen molar-refractivity contribution in [2.45, 2.75) is 40.2 Å². The Morgan fingerprint density at radius 3 is 2.55 bits per heavy atom. The Morgan fingerprint density at radius 2 is 1.90 bits per heavy atom. The molecule has 0 aliphatic rings. The van der Waals surface area contributed by atoms with E-state index >= 15 is 0 Å². The van der Waals surface area contributed by atoms with Crippen LogP contribution < -0.4 is 10.6 Å². The van der Waals surface area contributed by atoms with Crippen molar-refractivity contribution >= 4 is 11.7 Å². The summed E-state index contributed by atoms with van der Waals surface area (Å²) in [5, 5.41) is 14.7. The highest BCUT2D eigenvalue weighted by Gasteiger charge is 2.14. The Hall–Kier alpha value is -1.88. The second kappa shape index (κ2) is 6.52. The molecule has 2 rings (SSSR count). The summed E-state index contributed by atoms with van der Waals surface area (Å²) in [6.45, 7) is 9.19. The molecule has 1 heterocycles. The Balaban J connectivity index is 2.10. The average molecular weight is 274 g/mol. The molecule has 0 amide bonds. The van der Waals surface area contributed by atoms with Crippen molar-refractivity contribution in [3.8, 4) is 0 Å². The molecule has 1 unspecified atom stereocenters. The van der Waals surface area contributed by atoms with Crippen LogP contribution in [0, 0.1) is 13.8 Å². The van der Waals surface area contributed by atoms with Crippen LogP contribution in [0.15, 0.2) is 22.6 Å². The molecule has 0 saturated heterocycles. The molecule has 1 aromatic carbocycles. The van der Waals surface area contributed by atoms with E-state index in [9.17, 15) is 0 Å². The smallest absolute Gasteiger partial charge is 0.320 e. The standard InChI is InChI=1S/C15H22N4O/c1-5-9-16-12(4)14-18-19-15(20-14)17-13-10(2)7-6-8-11(13)3/h6-8,12,16H,5,9H2,1-4H3,(H,17,19). The van der Waals surface area contributed by atoms with Crippen molar-refractivity contribution in [1.82, 2.24) is 15.5 Å². The van der Waals surface area contributed by atoms with Crippen molar-refractivity contribution in [2.75, 3.05) is 11.9 Å². The van der Waals surface area contributed by atoms with Gasteiger partial charge in [-0.1, -0.05) is 30.2 Å². The van der Waals surface area contributed by atoms with Gasteiger partial charge in [0.15, 0.2) is 0 Å². The summed E-state index contributed by atoms with van der Waals surface area (Å²) in [7, 11) is 0. The van der Waals surface area contributed by atoms with Crippen LogP contribution in [0.2, 0.25) is 0 Å². The summed E-state index contributed by atoms with van der Waals surface area (Å²) < 4.78 is 5.66. The number of hydrogen-bond acceptors (Lipinski definition) is 5. The molecule has 0 spiro atoms. The number of aromatic nitrogens is 2. The predicted molar refractivity (Wildman–Crippen MR) is 80.2 cm³/mol. The first-order valence-corrected chi connectivity index (χ1v) is 7.01. The molecule has 1 atom stereocenters. The molecule has 1 aromatic heterocycles. The molecule has 2 aromatic rings. The van der Waals surface area contributed by atoms with Crippen LogP contribution in [0.3, 0.4) is 0 Å². The van der Waals surface area contributed by atoms with Crippen molar-refractivity contribution in [3.05, 3.63) is 35.2 Å². The van der Waals surface area contributed by atoms with Crippen molar-refractivity contribution in [3.63, 3.8) is 0 Å². The van der Waals surface area contributed by atoms with Gasteiger partial charge in [-0.3, -0.25) is 0 Å². The molecular weight excluding hydrogens is 252 g/mol. The molecule has 0 aliphatic heterocycles. The van der Waals surface area contributed by atoms with Gasteiger partial charge in [0, 0.05) is 5.69 Å². The minimum atomic E-state index is 0.0657. The lowest BCUT2D eigenvalue weighted by molar-refractivity contribution is 0.424. The first-order chi connectivity index (χ1) is 9.61. The van der Waals surface area contributed by atoms with Crippen LogP contribution in [-0.2, 0) is 0 Å². The van der Waals surface area contributed by atoms with E-state index in [1.165, 1.54) is 0 Å². The SMILES string of the molecule is CCCNC(C)c1nnc(Nc2c(C)cccc2C)o1. The number of para-hydroxylation sites is 1. The molecule has 5 heteroatoms. The Labute approximate surface area is 119 Å². The molecule has 0 bridgehead atoms. The topological polar surface area (TPSA) is 63.0 Å². The number of anilines is 2. The summed E-state index contributed by atoms with van der Waals surface area (Å²) in [6.07, 6.45) is 1.08. The zero-order valence-corrected chi connectivity index (χ0v) is 12.5. The van der Waals surface area contributed by atoms with Gasteiger partial charge in [-0.25, -0.2) is 0 Å². The molecule has 5 nitrogen and oxygen atoms in total. The maximum atomic E-state index is 5.66. The maximum absolute atomic E-state index is 5.66. The number of benzene rings is 1. The normalized spacial score (nSPS) is 12.4. The largest absolute Gasteiger partial charge is 0.406 e. The van der Waals surface area contributed by atoms with Gasteiger partial charge >= 0.3 is 6.01 Å². The van der Waals surface area contributed by atoms with Gasteiger partial charge in [0.1, 0.15) is 0 Å². The summed E-state index contributed by atoms with van der Waals surface area (Å²) >= 11 is 0. The summed E-state index contributed by atoms with van der Waals surface area (Å²) in [6, 6.07) is 6.64. The van der Waals surface area contributed by atoms with E-state index < -0.39 is 0 Å².